The van der Waals surface area contributed by atoms with E-state index in [4.69, 9.17) is 0 Å². The van der Waals surface area contributed by atoms with Crippen molar-refractivity contribution in [2.45, 2.75) is 32.6 Å². The summed E-state index contributed by atoms with van der Waals surface area (Å²) in [6, 6.07) is 13.6. The summed E-state index contributed by atoms with van der Waals surface area (Å²) in [5.41, 5.74) is 4.75. The standard InChI is InChI=1S/C24H20N2O4/c1-24(2)11-17-20(18(27)12-24)19(13-7-9-14(10-8-13)26(29)30)21-22(25-17)15-5-3-4-6-16(15)23(21)28/h3-10,19,25H,11-12H2,1-2H3/t19-/m0/s1. The average Bonchev–Trinajstić information content (AvgIpc) is 2.98. The molecule has 0 unspecified atom stereocenters. The lowest BCUT2D eigenvalue weighted by molar-refractivity contribution is -0.384. The van der Waals surface area contributed by atoms with Crippen LogP contribution >= 0.6 is 0 Å². The van der Waals surface area contributed by atoms with Crippen LogP contribution in [-0.4, -0.2) is 16.5 Å². The molecule has 3 aliphatic rings. The molecule has 2 aliphatic carbocycles. The van der Waals surface area contributed by atoms with Crippen molar-refractivity contribution in [2.75, 3.05) is 0 Å². The van der Waals surface area contributed by atoms with E-state index in [1.165, 1.54) is 12.1 Å². The second-order valence-electron chi connectivity index (χ2n) is 8.90. The minimum absolute atomic E-state index is 0.0202. The van der Waals surface area contributed by atoms with Gasteiger partial charge in [0.05, 0.1) is 10.6 Å². The molecule has 150 valence electrons. The Hall–Kier alpha value is -3.54. The first kappa shape index (κ1) is 18.5. The van der Waals surface area contributed by atoms with Crippen molar-refractivity contribution in [3.8, 4) is 0 Å². The molecule has 0 aromatic heterocycles. The van der Waals surface area contributed by atoms with Gasteiger partial charge in [-0.05, 0) is 17.4 Å². The summed E-state index contributed by atoms with van der Waals surface area (Å²) in [4.78, 5) is 37.2. The van der Waals surface area contributed by atoms with Crippen molar-refractivity contribution in [3.63, 3.8) is 0 Å². The highest BCUT2D eigenvalue weighted by molar-refractivity contribution is 6.23. The number of rotatable bonds is 2. The topological polar surface area (TPSA) is 89.3 Å². The predicted octanol–water partition coefficient (Wildman–Crippen LogP) is 4.53. The fraction of sp³-hybridized carbons (Fsp3) is 0.250. The fourth-order valence-corrected chi connectivity index (χ4v) is 4.91. The highest BCUT2D eigenvalue weighted by Gasteiger charge is 2.46. The maximum absolute atomic E-state index is 13.4. The van der Waals surface area contributed by atoms with Crippen molar-refractivity contribution >= 4 is 23.0 Å². The van der Waals surface area contributed by atoms with Gasteiger partial charge in [0, 0.05) is 52.4 Å². The maximum Gasteiger partial charge on any atom is 0.269 e. The number of allylic oxidation sites excluding steroid dienone is 3. The maximum atomic E-state index is 13.4. The van der Waals surface area contributed by atoms with Gasteiger partial charge in [0.1, 0.15) is 0 Å². The normalized spacial score (nSPS) is 21.7. The minimum atomic E-state index is -0.527. The lowest BCUT2D eigenvalue weighted by atomic mass is 9.68. The Balaban J connectivity index is 1.72. The van der Waals surface area contributed by atoms with Crippen LogP contribution in [0.2, 0.25) is 0 Å². The van der Waals surface area contributed by atoms with Crippen molar-refractivity contribution in [1.29, 1.82) is 0 Å². The van der Waals surface area contributed by atoms with Crippen LogP contribution in [-0.2, 0) is 4.79 Å². The van der Waals surface area contributed by atoms with E-state index in [-0.39, 0.29) is 22.7 Å². The Kier molecular flexibility index (Phi) is 3.84. The highest BCUT2D eigenvalue weighted by Crippen LogP contribution is 2.51. The number of nitro benzene ring substituents is 1. The number of benzene rings is 2. The molecule has 30 heavy (non-hydrogen) atoms. The molecule has 5 rings (SSSR count). The molecule has 0 amide bonds. The number of nitrogens with zero attached hydrogens (tertiary/aromatic N) is 1. The van der Waals surface area contributed by atoms with Crippen molar-refractivity contribution in [1.82, 2.24) is 5.32 Å². The van der Waals surface area contributed by atoms with Gasteiger partial charge >= 0.3 is 0 Å². The zero-order chi connectivity index (χ0) is 21.2. The lowest BCUT2D eigenvalue weighted by Gasteiger charge is -2.39. The number of fused-ring (bicyclic) bond motifs is 2. The minimum Gasteiger partial charge on any atom is -0.358 e. The van der Waals surface area contributed by atoms with Gasteiger partial charge in [-0.25, -0.2) is 0 Å². The number of nitrogens with one attached hydrogen (secondary N) is 1. The van der Waals surface area contributed by atoms with Gasteiger partial charge in [-0.3, -0.25) is 19.7 Å². The number of hydrogen-bond donors (Lipinski definition) is 1. The van der Waals surface area contributed by atoms with Gasteiger partial charge in [0.2, 0.25) is 0 Å². The number of carbonyl (C=O) groups excluding carboxylic acids is 2. The number of Topliss-reactive ketones (excluding diaryl/α,β-unsaturated/α-hetero) is 2. The number of hydrogen-bond acceptors (Lipinski definition) is 5. The van der Waals surface area contributed by atoms with E-state index in [9.17, 15) is 19.7 Å². The van der Waals surface area contributed by atoms with E-state index >= 15 is 0 Å². The molecule has 1 N–H and O–H groups in total. The molecular formula is C24H20N2O4. The number of ketones is 2. The third kappa shape index (κ3) is 2.64. The van der Waals surface area contributed by atoms with Crippen molar-refractivity contribution in [2.24, 2.45) is 5.41 Å². The molecule has 0 fully saturated rings. The molecule has 1 heterocycles. The smallest absolute Gasteiger partial charge is 0.269 e. The second kappa shape index (κ2) is 6.23. The van der Waals surface area contributed by atoms with E-state index in [1.807, 2.05) is 18.2 Å². The number of nitro groups is 1. The first-order valence-electron chi connectivity index (χ1n) is 9.93. The number of dihydropyridines is 1. The highest BCUT2D eigenvalue weighted by atomic mass is 16.6. The van der Waals surface area contributed by atoms with Gasteiger partial charge in [-0.2, -0.15) is 0 Å². The summed E-state index contributed by atoms with van der Waals surface area (Å²) in [7, 11) is 0. The molecule has 2 aromatic carbocycles. The monoisotopic (exact) mass is 400 g/mol. The van der Waals surface area contributed by atoms with Crippen LogP contribution in [0.3, 0.4) is 0 Å². The van der Waals surface area contributed by atoms with Crippen LogP contribution in [0.1, 0.15) is 54.1 Å². The molecule has 0 bridgehead atoms. The lowest BCUT2D eigenvalue weighted by Crippen LogP contribution is -2.37. The van der Waals surface area contributed by atoms with Crippen LogP contribution in [0, 0.1) is 15.5 Å². The fourth-order valence-electron chi connectivity index (χ4n) is 4.91. The van der Waals surface area contributed by atoms with Crippen LogP contribution in [0.25, 0.3) is 5.70 Å². The zero-order valence-corrected chi connectivity index (χ0v) is 16.7. The van der Waals surface area contributed by atoms with Crippen LogP contribution < -0.4 is 5.32 Å². The number of carbonyl (C=O) groups is 2. The van der Waals surface area contributed by atoms with E-state index in [0.29, 0.717) is 29.6 Å². The average molecular weight is 400 g/mol. The largest absolute Gasteiger partial charge is 0.358 e. The third-order valence-corrected chi connectivity index (χ3v) is 6.17. The molecule has 0 saturated heterocycles. The quantitative estimate of drug-likeness (QED) is 0.591. The summed E-state index contributed by atoms with van der Waals surface area (Å²) in [5, 5.41) is 14.5. The first-order chi connectivity index (χ1) is 14.3. The van der Waals surface area contributed by atoms with Gasteiger partial charge in [-0.1, -0.05) is 50.2 Å². The molecular weight excluding hydrogens is 380 g/mol. The molecule has 0 radical (unpaired) electrons. The van der Waals surface area contributed by atoms with E-state index < -0.39 is 10.8 Å². The summed E-state index contributed by atoms with van der Waals surface area (Å²) in [5.74, 6) is -0.603. The Morgan fingerprint density at radius 3 is 2.30 bits per heavy atom. The Labute approximate surface area is 173 Å². The molecule has 0 saturated carbocycles. The molecule has 0 spiro atoms. The summed E-state index contributed by atoms with van der Waals surface area (Å²) in [6.45, 7) is 4.13. The van der Waals surface area contributed by atoms with Gasteiger partial charge in [0.15, 0.2) is 11.6 Å². The third-order valence-electron chi connectivity index (χ3n) is 6.17. The molecule has 1 aliphatic heterocycles. The zero-order valence-electron chi connectivity index (χ0n) is 16.7. The summed E-state index contributed by atoms with van der Waals surface area (Å²) in [6.07, 6.45) is 1.10. The van der Waals surface area contributed by atoms with Crippen LogP contribution in [0.15, 0.2) is 65.4 Å². The van der Waals surface area contributed by atoms with Crippen LogP contribution in [0.4, 0.5) is 5.69 Å². The SMILES string of the molecule is CC1(C)CC(=O)C2=C(C1)NC1=C(C(=O)c3ccccc31)[C@H]2c1ccc([N+](=O)[O-])cc1. The predicted molar refractivity (Wildman–Crippen MR) is 112 cm³/mol. The van der Waals surface area contributed by atoms with Gasteiger partial charge in [-0.15, -0.1) is 0 Å². The first-order valence-corrected chi connectivity index (χ1v) is 9.93. The van der Waals surface area contributed by atoms with E-state index in [0.717, 1.165) is 22.5 Å². The summed E-state index contributed by atoms with van der Waals surface area (Å²) >= 11 is 0. The summed E-state index contributed by atoms with van der Waals surface area (Å²) < 4.78 is 0. The second-order valence-corrected chi connectivity index (χ2v) is 8.90. The molecule has 6 nitrogen and oxygen atoms in total. The Morgan fingerprint density at radius 2 is 1.63 bits per heavy atom. The number of non-ortho nitro benzene ring substituents is 1. The van der Waals surface area contributed by atoms with E-state index in [1.54, 1.807) is 18.2 Å². The molecule has 1 atom stereocenters. The van der Waals surface area contributed by atoms with Crippen LogP contribution in [0.5, 0.6) is 0 Å². The van der Waals surface area contributed by atoms with Crippen molar-refractivity contribution in [3.05, 3.63) is 92.2 Å². The van der Waals surface area contributed by atoms with E-state index in [2.05, 4.69) is 19.2 Å². The van der Waals surface area contributed by atoms with Gasteiger partial charge in [0.25, 0.3) is 5.69 Å². The Morgan fingerprint density at radius 1 is 0.967 bits per heavy atom. The van der Waals surface area contributed by atoms with Crippen molar-refractivity contribution < 1.29 is 14.5 Å². The molecule has 6 heteroatoms. The van der Waals surface area contributed by atoms with Gasteiger partial charge < -0.3 is 5.32 Å². The Bertz CT molecular complexity index is 1200. The molecule has 2 aromatic rings.